The molecule has 1 aromatic carbocycles. The van der Waals surface area contributed by atoms with Gasteiger partial charge in [-0.05, 0) is 30.6 Å². The van der Waals surface area contributed by atoms with Gasteiger partial charge in [0.25, 0.3) is 5.69 Å². The molecule has 17 heavy (non-hydrogen) atoms. The SMILES string of the molecule is CCCCc1ccc([N+](=O)[O-])c2[nH]c(=S)sc12. The molecule has 90 valence electrons. The van der Waals surface area contributed by atoms with Gasteiger partial charge in [0.1, 0.15) is 5.52 Å². The van der Waals surface area contributed by atoms with Gasteiger partial charge in [0.15, 0.2) is 3.95 Å². The van der Waals surface area contributed by atoms with Crippen LogP contribution in [0.1, 0.15) is 25.3 Å². The molecule has 4 nitrogen and oxygen atoms in total. The zero-order valence-electron chi connectivity index (χ0n) is 9.36. The Morgan fingerprint density at radius 3 is 2.94 bits per heavy atom. The van der Waals surface area contributed by atoms with Crippen LogP contribution < -0.4 is 0 Å². The summed E-state index contributed by atoms with van der Waals surface area (Å²) in [4.78, 5) is 13.5. The number of fused-ring (bicyclic) bond motifs is 1. The Bertz CT molecular complexity index is 615. The molecule has 0 radical (unpaired) electrons. The average molecular weight is 268 g/mol. The number of nitro groups is 1. The van der Waals surface area contributed by atoms with Gasteiger partial charge in [-0.2, -0.15) is 0 Å². The Morgan fingerprint density at radius 1 is 1.53 bits per heavy atom. The standard InChI is InChI=1S/C11H12N2O2S2/c1-2-3-4-7-5-6-8(13(14)15)9-10(7)17-11(16)12-9/h5-6H,2-4H2,1H3,(H,12,16). The third-order valence-electron chi connectivity index (χ3n) is 2.64. The molecule has 1 N–H and O–H groups in total. The number of hydrogen-bond acceptors (Lipinski definition) is 4. The minimum Gasteiger partial charge on any atom is -0.331 e. The summed E-state index contributed by atoms with van der Waals surface area (Å²) in [7, 11) is 0. The summed E-state index contributed by atoms with van der Waals surface area (Å²) in [6.45, 7) is 2.13. The van der Waals surface area contributed by atoms with Gasteiger partial charge < -0.3 is 4.98 Å². The van der Waals surface area contributed by atoms with E-state index in [1.807, 2.05) is 6.07 Å². The lowest BCUT2D eigenvalue weighted by atomic mass is 10.1. The lowest BCUT2D eigenvalue weighted by molar-refractivity contribution is -0.383. The Hall–Kier alpha value is -1.27. The van der Waals surface area contributed by atoms with Crippen LogP contribution in [0.5, 0.6) is 0 Å². The summed E-state index contributed by atoms with van der Waals surface area (Å²) in [5, 5.41) is 10.9. The van der Waals surface area contributed by atoms with Crippen molar-refractivity contribution in [2.75, 3.05) is 0 Å². The number of aromatic nitrogens is 1. The number of unbranched alkanes of at least 4 members (excludes halogenated alkanes) is 1. The number of nitro benzene ring substituents is 1. The average Bonchev–Trinajstić information content (AvgIpc) is 2.66. The normalized spacial score (nSPS) is 10.9. The summed E-state index contributed by atoms with van der Waals surface area (Å²) in [6, 6.07) is 3.40. The van der Waals surface area contributed by atoms with E-state index in [9.17, 15) is 10.1 Å². The molecule has 0 fully saturated rings. The summed E-state index contributed by atoms with van der Waals surface area (Å²) < 4.78 is 1.52. The molecule has 0 atom stereocenters. The minimum absolute atomic E-state index is 0.104. The molecule has 6 heteroatoms. The summed E-state index contributed by atoms with van der Waals surface area (Å²) in [5.41, 5.74) is 1.82. The number of non-ortho nitro benzene ring substituents is 1. The molecule has 0 spiro atoms. The van der Waals surface area contributed by atoms with Crippen molar-refractivity contribution in [1.82, 2.24) is 4.98 Å². The van der Waals surface area contributed by atoms with Crippen LogP contribution in [0.25, 0.3) is 10.2 Å². The fourth-order valence-electron chi connectivity index (χ4n) is 1.79. The van der Waals surface area contributed by atoms with E-state index in [1.165, 1.54) is 11.3 Å². The number of rotatable bonds is 4. The molecular formula is C11H12N2O2S2. The number of thiazole rings is 1. The van der Waals surface area contributed by atoms with E-state index in [2.05, 4.69) is 11.9 Å². The maximum atomic E-state index is 10.9. The van der Waals surface area contributed by atoms with Crippen molar-refractivity contribution >= 4 is 39.5 Å². The van der Waals surface area contributed by atoms with E-state index in [0.717, 1.165) is 29.5 Å². The minimum atomic E-state index is -0.371. The third-order valence-corrected chi connectivity index (χ3v) is 3.95. The Morgan fingerprint density at radius 2 is 2.29 bits per heavy atom. The summed E-state index contributed by atoms with van der Waals surface area (Å²) >= 11 is 6.49. The van der Waals surface area contributed by atoms with Gasteiger partial charge in [-0.25, -0.2) is 0 Å². The molecular weight excluding hydrogens is 256 g/mol. The van der Waals surface area contributed by atoms with Crippen molar-refractivity contribution < 1.29 is 4.92 Å². The lowest BCUT2D eigenvalue weighted by Gasteiger charge is -2.01. The first kappa shape index (κ1) is 12.2. The first-order valence-corrected chi connectivity index (χ1v) is 6.65. The van der Waals surface area contributed by atoms with E-state index >= 15 is 0 Å². The van der Waals surface area contributed by atoms with Crippen LogP contribution >= 0.6 is 23.6 Å². The highest BCUT2D eigenvalue weighted by Gasteiger charge is 2.16. The van der Waals surface area contributed by atoms with Crippen molar-refractivity contribution in [3.63, 3.8) is 0 Å². The molecule has 0 unspecified atom stereocenters. The van der Waals surface area contributed by atoms with Crippen molar-refractivity contribution in [2.24, 2.45) is 0 Å². The van der Waals surface area contributed by atoms with Crippen molar-refractivity contribution in [1.29, 1.82) is 0 Å². The Balaban J connectivity index is 2.61. The van der Waals surface area contributed by atoms with Crippen molar-refractivity contribution in [3.05, 3.63) is 31.8 Å². The predicted molar refractivity (Wildman–Crippen MR) is 72.3 cm³/mol. The van der Waals surface area contributed by atoms with E-state index in [1.54, 1.807) is 6.07 Å². The first-order valence-electron chi connectivity index (χ1n) is 5.42. The van der Waals surface area contributed by atoms with Crippen LogP contribution in [-0.4, -0.2) is 9.91 Å². The smallest absolute Gasteiger partial charge is 0.294 e. The number of nitrogens with one attached hydrogen (secondary N) is 1. The molecule has 0 aliphatic heterocycles. The van der Waals surface area contributed by atoms with Gasteiger partial charge in [0, 0.05) is 6.07 Å². The number of aromatic amines is 1. The molecule has 0 bridgehead atoms. The van der Waals surface area contributed by atoms with Gasteiger partial charge in [-0.1, -0.05) is 19.4 Å². The van der Waals surface area contributed by atoms with E-state index in [0.29, 0.717) is 9.47 Å². The molecule has 0 amide bonds. The predicted octanol–water partition coefficient (Wildman–Crippen LogP) is 4.21. The van der Waals surface area contributed by atoms with E-state index in [-0.39, 0.29) is 10.6 Å². The van der Waals surface area contributed by atoms with Gasteiger partial charge >= 0.3 is 0 Å². The highest BCUT2D eigenvalue weighted by molar-refractivity contribution is 7.73. The van der Waals surface area contributed by atoms with Crippen LogP contribution in [0.15, 0.2) is 12.1 Å². The summed E-state index contributed by atoms with van der Waals surface area (Å²) in [5.74, 6) is 0. The number of aryl methyl sites for hydroxylation is 1. The van der Waals surface area contributed by atoms with Crippen molar-refractivity contribution in [3.8, 4) is 0 Å². The Kier molecular flexibility index (Phi) is 3.54. The third kappa shape index (κ3) is 2.37. The highest BCUT2D eigenvalue weighted by Crippen LogP contribution is 2.31. The summed E-state index contributed by atoms with van der Waals surface area (Å²) in [6.07, 6.45) is 3.12. The molecule has 2 aromatic rings. The second-order valence-electron chi connectivity index (χ2n) is 3.82. The van der Waals surface area contributed by atoms with Gasteiger partial charge in [-0.15, -0.1) is 11.3 Å². The number of benzene rings is 1. The number of hydrogen-bond donors (Lipinski definition) is 1. The van der Waals surface area contributed by atoms with E-state index < -0.39 is 0 Å². The van der Waals surface area contributed by atoms with Crippen molar-refractivity contribution in [2.45, 2.75) is 26.2 Å². The largest absolute Gasteiger partial charge is 0.331 e. The molecule has 2 rings (SSSR count). The maximum Gasteiger partial charge on any atom is 0.294 e. The zero-order chi connectivity index (χ0) is 12.4. The van der Waals surface area contributed by atoms with Gasteiger partial charge in [0.2, 0.25) is 0 Å². The molecule has 0 aliphatic rings. The second-order valence-corrected chi connectivity index (χ2v) is 5.51. The fraction of sp³-hybridized carbons (Fsp3) is 0.364. The van der Waals surface area contributed by atoms with Gasteiger partial charge in [-0.3, -0.25) is 10.1 Å². The van der Waals surface area contributed by atoms with Crippen LogP contribution in [0.3, 0.4) is 0 Å². The molecule has 0 saturated heterocycles. The second kappa shape index (κ2) is 4.93. The molecule has 0 saturated carbocycles. The van der Waals surface area contributed by atoms with Gasteiger partial charge in [0.05, 0.1) is 9.62 Å². The van der Waals surface area contributed by atoms with Crippen LogP contribution in [0.2, 0.25) is 0 Å². The number of H-pyrrole nitrogens is 1. The topological polar surface area (TPSA) is 58.9 Å². The molecule has 0 aliphatic carbocycles. The maximum absolute atomic E-state index is 10.9. The fourth-order valence-corrected chi connectivity index (χ4v) is 3.04. The van der Waals surface area contributed by atoms with E-state index in [4.69, 9.17) is 12.2 Å². The number of nitrogens with zero attached hydrogens (tertiary/aromatic N) is 1. The first-order chi connectivity index (χ1) is 8.13. The molecule has 1 heterocycles. The van der Waals surface area contributed by atoms with Crippen LogP contribution in [0.4, 0.5) is 5.69 Å². The highest BCUT2D eigenvalue weighted by atomic mass is 32.1. The molecule has 1 aromatic heterocycles. The Labute approximate surface area is 107 Å². The zero-order valence-corrected chi connectivity index (χ0v) is 11.0. The van der Waals surface area contributed by atoms with Crippen LogP contribution in [-0.2, 0) is 6.42 Å². The van der Waals surface area contributed by atoms with Crippen LogP contribution in [0, 0.1) is 14.1 Å². The quantitative estimate of drug-likeness (QED) is 0.513. The lowest BCUT2D eigenvalue weighted by Crippen LogP contribution is -1.92. The monoisotopic (exact) mass is 268 g/mol.